The van der Waals surface area contributed by atoms with E-state index in [0.717, 1.165) is 16.8 Å². The van der Waals surface area contributed by atoms with Crippen molar-refractivity contribution >= 4 is 22.8 Å². The molecule has 0 fully saturated rings. The fourth-order valence-corrected chi connectivity index (χ4v) is 2.40. The van der Waals surface area contributed by atoms with Crippen LogP contribution in [-0.4, -0.2) is 21.8 Å². The summed E-state index contributed by atoms with van der Waals surface area (Å²) in [7, 11) is 0. The lowest BCUT2D eigenvalue weighted by molar-refractivity contribution is 0.174. The number of benzene rings is 2. The van der Waals surface area contributed by atoms with Gasteiger partial charge in [0.2, 0.25) is 6.79 Å². The summed E-state index contributed by atoms with van der Waals surface area (Å²) in [6.07, 6.45) is 1.54. The Labute approximate surface area is 134 Å². The molecule has 1 aliphatic heterocycles. The molecule has 0 saturated heterocycles. The van der Waals surface area contributed by atoms with Gasteiger partial charge in [-0.15, -0.1) is 5.10 Å². The van der Waals surface area contributed by atoms with Crippen LogP contribution in [0, 0.1) is 23.0 Å². The van der Waals surface area contributed by atoms with Crippen LogP contribution in [0.4, 0.5) is 8.78 Å². The fourth-order valence-electron chi connectivity index (χ4n) is 2.40. The number of nitrogens with zero attached hydrogens (tertiary/aromatic N) is 4. The summed E-state index contributed by atoms with van der Waals surface area (Å²) in [4.78, 5) is 0. The van der Waals surface area contributed by atoms with Gasteiger partial charge in [-0.2, -0.15) is 5.26 Å². The van der Waals surface area contributed by atoms with E-state index in [0.29, 0.717) is 17.1 Å². The minimum absolute atomic E-state index is 0.0994. The molecule has 118 valence electrons. The summed E-state index contributed by atoms with van der Waals surface area (Å²) in [5, 5.41) is 17.0. The number of rotatable bonds is 2. The van der Waals surface area contributed by atoms with Crippen LogP contribution in [0.25, 0.3) is 22.8 Å². The van der Waals surface area contributed by atoms with E-state index in [1.807, 2.05) is 6.07 Å². The molecule has 0 aliphatic carbocycles. The Morgan fingerprint density at radius 2 is 1.96 bits per heavy atom. The van der Waals surface area contributed by atoms with Crippen molar-refractivity contribution in [1.82, 2.24) is 15.0 Å². The van der Waals surface area contributed by atoms with Crippen molar-refractivity contribution in [3.05, 3.63) is 47.5 Å². The number of aromatic nitrogens is 3. The Bertz CT molecular complexity index is 1040. The lowest BCUT2D eigenvalue weighted by atomic mass is 10.1. The first-order valence-corrected chi connectivity index (χ1v) is 6.88. The van der Waals surface area contributed by atoms with Crippen molar-refractivity contribution in [2.45, 2.75) is 0 Å². The molecule has 4 rings (SSSR count). The van der Waals surface area contributed by atoms with Crippen LogP contribution in [0.5, 0.6) is 11.5 Å². The molecule has 1 aliphatic rings. The van der Waals surface area contributed by atoms with E-state index in [4.69, 9.17) is 9.47 Å². The second kappa shape index (κ2) is 5.31. The zero-order chi connectivity index (χ0) is 16.7. The van der Waals surface area contributed by atoms with Crippen LogP contribution in [-0.2, 0) is 0 Å². The molecule has 0 N–H and O–H groups in total. The number of allylic oxidation sites excluding steroid dienone is 1. The molecule has 2 aromatic carbocycles. The maximum absolute atomic E-state index is 13.5. The normalized spacial score (nSPS) is 13.3. The topological polar surface area (TPSA) is 73.0 Å². The predicted octanol–water partition coefficient (Wildman–Crippen LogP) is 2.96. The first kappa shape index (κ1) is 14.1. The van der Waals surface area contributed by atoms with E-state index < -0.39 is 11.6 Å². The van der Waals surface area contributed by atoms with Gasteiger partial charge in [0.05, 0.1) is 5.52 Å². The Morgan fingerprint density at radius 1 is 1.17 bits per heavy atom. The molecule has 24 heavy (non-hydrogen) atoms. The van der Waals surface area contributed by atoms with Gasteiger partial charge in [0.1, 0.15) is 17.3 Å². The first-order valence-electron chi connectivity index (χ1n) is 6.88. The van der Waals surface area contributed by atoms with Crippen molar-refractivity contribution < 1.29 is 18.3 Å². The molecule has 0 unspecified atom stereocenters. The minimum atomic E-state index is -1.04. The SMILES string of the molecule is N#C/C(=C\c1ccc2c(c1)OCO2)n1nnc2cc(F)c(F)cc21. The maximum atomic E-state index is 13.5. The number of nitriles is 1. The van der Waals surface area contributed by atoms with Crippen molar-refractivity contribution in [1.29, 1.82) is 5.26 Å². The number of ether oxygens (including phenoxy) is 2. The zero-order valence-corrected chi connectivity index (χ0v) is 12.0. The largest absolute Gasteiger partial charge is 0.454 e. The Kier molecular flexibility index (Phi) is 3.13. The minimum Gasteiger partial charge on any atom is -0.454 e. The van der Waals surface area contributed by atoms with Gasteiger partial charge < -0.3 is 9.47 Å². The molecule has 6 nitrogen and oxygen atoms in total. The fraction of sp³-hybridized carbons (Fsp3) is 0.0625. The van der Waals surface area contributed by atoms with Crippen molar-refractivity contribution in [3.8, 4) is 17.6 Å². The summed E-state index contributed by atoms with van der Waals surface area (Å²) in [5.41, 5.74) is 1.12. The molecule has 0 amide bonds. The van der Waals surface area contributed by atoms with Gasteiger partial charge >= 0.3 is 0 Å². The van der Waals surface area contributed by atoms with Crippen LogP contribution in [0.2, 0.25) is 0 Å². The lowest BCUT2D eigenvalue weighted by Gasteiger charge is -2.02. The second-order valence-electron chi connectivity index (χ2n) is 5.01. The van der Waals surface area contributed by atoms with Crippen LogP contribution in [0.1, 0.15) is 5.56 Å². The summed E-state index contributed by atoms with van der Waals surface area (Å²) in [5.74, 6) is -0.869. The van der Waals surface area contributed by atoms with E-state index in [9.17, 15) is 14.0 Å². The number of hydrogen-bond donors (Lipinski definition) is 0. The molecule has 8 heteroatoms. The lowest BCUT2D eigenvalue weighted by Crippen LogP contribution is -1.98. The predicted molar refractivity (Wildman–Crippen MR) is 79.8 cm³/mol. The van der Waals surface area contributed by atoms with Crippen LogP contribution < -0.4 is 9.47 Å². The van der Waals surface area contributed by atoms with Crippen molar-refractivity contribution in [2.75, 3.05) is 6.79 Å². The Balaban J connectivity index is 1.82. The van der Waals surface area contributed by atoms with Crippen molar-refractivity contribution in [2.24, 2.45) is 0 Å². The molecular formula is C16H8F2N4O2. The van der Waals surface area contributed by atoms with E-state index in [-0.39, 0.29) is 23.5 Å². The van der Waals surface area contributed by atoms with Crippen LogP contribution in [0.15, 0.2) is 30.3 Å². The van der Waals surface area contributed by atoms with Gasteiger partial charge in [-0.1, -0.05) is 11.3 Å². The van der Waals surface area contributed by atoms with Gasteiger partial charge in [-0.25, -0.2) is 13.5 Å². The van der Waals surface area contributed by atoms with Gasteiger partial charge in [-0.3, -0.25) is 0 Å². The van der Waals surface area contributed by atoms with E-state index in [2.05, 4.69) is 10.3 Å². The van der Waals surface area contributed by atoms with Gasteiger partial charge in [0, 0.05) is 12.1 Å². The highest BCUT2D eigenvalue weighted by atomic mass is 19.2. The van der Waals surface area contributed by atoms with Crippen LogP contribution >= 0.6 is 0 Å². The monoisotopic (exact) mass is 326 g/mol. The molecule has 0 spiro atoms. The number of halogens is 2. The first-order chi connectivity index (χ1) is 11.7. The third kappa shape index (κ3) is 2.23. The number of hydrogen-bond acceptors (Lipinski definition) is 5. The molecule has 0 bridgehead atoms. The third-order valence-corrected chi connectivity index (χ3v) is 3.53. The quantitative estimate of drug-likeness (QED) is 0.677. The molecular weight excluding hydrogens is 318 g/mol. The average molecular weight is 326 g/mol. The van der Waals surface area contributed by atoms with E-state index in [1.165, 1.54) is 6.08 Å². The summed E-state index contributed by atoms with van der Waals surface area (Å²) in [6, 6.07) is 9.04. The van der Waals surface area contributed by atoms with Gasteiger partial charge in [-0.05, 0) is 23.8 Å². The average Bonchev–Trinajstić information content (AvgIpc) is 3.19. The third-order valence-electron chi connectivity index (χ3n) is 3.53. The summed E-state index contributed by atoms with van der Waals surface area (Å²) in [6.45, 7) is 0.145. The van der Waals surface area contributed by atoms with E-state index >= 15 is 0 Å². The maximum Gasteiger partial charge on any atom is 0.231 e. The van der Waals surface area contributed by atoms with Gasteiger partial charge in [0.25, 0.3) is 0 Å². The highest BCUT2D eigenvalue weighted by molar-refractivity contribution is 5.86. The number of fused-ring (bicyclic) bond motifs is 2. The molecule has 2 heterocycles. The molecule has 1 aromatic heterocycles. The molecule has 0 radical (unpaired) electrons. The van der Waals surface area contributed by atoms with Gasteiger partial charge in [0.15, 0.2) is 23.1 Å². The summed E-state index contributed by atoms with van der Waals surface area (Å²) >= 11 is 0. The smallest absolute Gasteiger partial charge is 0.231 e. The standard InChI is InChI=1S/C16H8F2N4O2/c17-11-5-13-14(6-12(11)18)22(21-20-13)10(7-19)3-9-1-2-15-16(4-9)24-8-23-15/h1-6H,8H2/b10-3+. The summed E-state index contributed by atoms with van der Waals surface area (Å²) < 4.78 is 38.4. The van der Waals surface area contributed by atoms with Crippen molar-refractivity contribution in [3.63, 3.8) is 0 Å². The highest BCUT2D eigenvalue weighted by Crippen LogP contribution is 2.33. The molecule has 3 aromatic rings. The van der Waals surface area contributed by atoms with Crippen LogP contribution in [0.3, 0.4) is 0 Å². The molecule has 0 saturated carbocycles. The zero-order valence-electron chi connectivity index (χ0n) is 12.0. The Morgan fingerprint density at radius 3 is 2.79 bits per heavy atom. The van der Waals surface area contributed by atoms with E-state index in [1.54, 1.807) is 18.2 Å². The molecule has 0 atom stereocenters. The highest BCUT2D eigenvalue weighted by Gasteiger charge is 2.15. The second-order valence-corrected chi connectivity index (χ2v) is 5.01. The Hall–Kier alpha value is -3.47.